The van der Waals surface area contributed by atoms with Crippen molar-refractivity contribution in [1.82, 2.24) is 4.90 Å². The molecule has 0 spiro atoms. The molecule has 0 rings (SSSR count). The fourth-order valence-corrected chi connectivity index (χ4v) is 1.99. The fraction of sp³-hybridized carbons (Fsp3) is 0.800. The summed E-state index contributed by atoms with van der Waals surface area (Å²) < 4.78 is 0. The zero-order chi connectivity index (χ0) is 12.6. The number of carboxylic acids is 1. The van der Waals surface area contributed by atoms with Crippen LogP contribution in [0.25, 0.3) is 0 Å². The van der Waals surface area contributed by atoms with Crippen LogP contribution < -0.4 is 5.73 Å². The van der Waals surface area contributed by atoms with Gasteiger partial charge in [0.1, 0.15) is 6.04 Å². The van der Waals surface area contributed by atoms with E-state index in [1.165, 1.54) is 0 Å². The molecule has 0 saturated heterocycles. The van der Waals surface area contributed by atoms with Crippen LogP contribution in [0.1, 0.15) is 26.7 Å². The van der Waals surface area contributed by atoms with E-state index in [1.807, 2.05) is 13.8 Å². The molecule has 0 fully saturated rings. The number of nitrogens with two attached hydrogens (primary N) is 1. The monoisotopic (exact) mass is 248 g/mol. The van der Waals surface area contributed by atoms with Crippen LogP contribution in [0.2, 0.25) is 0 Å². The number of thioether (sulfide) groups is 1. The van der Waals surface area contributed by atoms with Crippen LogP contribution in [0.3, 0.4) is 0 Å². The predicted molar refractivity (Wildman–Crippen MR) is 65.6 cm³/mol. The maximum atomic E-state index is 11.7. The van der Waals surface area contributed by atoms with Gasteiger partial charge in [-0.2, -0.15) is 0 Å². The summed E-state index contributed by atoms with van der Waals surface area (Å²) >= 11 is 0.982. The van der Waals surface area contributed by atoms with Gasteiger partial charge in [0.2, 0.25) is 0 Å². The summed E-state index contributed by atoms with van der Waals surface area (Å²) in [6, 6.07) is -0.973. The van der Waals surface area contributed by atoms with Gasteiger partial charge in [-0.15, -0.1) is 0 Å². The van der Waals surface area contributed by atoms with Gasteiger partial charge in [-0.25, -0.2) is 0 Å². The molecule has 0 radical (unpaired) electrons. The van der Waals surface area contributed by atoms with E-state index in [2.05, 4.69) is 0 Å². The van der Waals surface area contributed by atoms with Crippen LogP contribution >= 0.6 is 11.8 Å². The molecule has 0 bridgehead atoms. The summed E-state index contributed by atoms with van der Waals surface area (Å²) in [5.41, 5.74) is 5.32. The lowest BCUT2D eigenvalue weighted by Crippen LogP contribution is -2.35. The summed E-state index contributed by atoms with van der Waals surface area (Å²) in [6.45, 7) is 5.43. The van der Waals surface area contributed by atoms with Crippen molar-refractivity contribution < 1.29 is 14.7 Å². The van der Waals surface area contributed by atoms with Crippen LogP contribution in [0.4, 0.5) is 4.79 Å². The molecule has 0 aliphatic heterocycles. The Labute approximate surface area is 100 Å². The first-order valence-corrected chi connectivity index (χ1v) is 6.41. The first-order chi connectivity index (χ1) is 7.52. The van der Waals surface area contributed by atoms with Crippen molar-refractivity contribution in [3.63, 3.8) is 0 Å². The second-order valence-electron chi connectivity index (χ2n) is 3.51. The lowest BCUT2D eigenvalue weighted by Gasteiger charge is -2.21. The number of hydrogen-bond donors (Lipinski definition) is 2. The largest absolute Gasteiger partial charge is 0.480 e. The molecule has 94 valence electrons. The minimum atomic E-state index is -1.07. The van der Waals surface area contributed by atoms with Gasteiger partial charge in [-0.1, -0.05) is 25.6 Å². The first kappa shape index (κ1) is 15.2. The molecule has 3 N–H and O–H groups in total. The number of carbonyl (C=O) groups excluding carboxylic acids is 1. The number of rotatable bonds is 7. The molecule has 0 aromatic rings. The predicted octanol–water partition coefficient (Wildman–Crippen LogP) is 1.37. The highest BCUT2D eigenvalue weighted by atomic mass is 32.2. The number of aliphatic carboxylic acids is 1. The minimum Gasteiger partial charge on any atom is -0.480 e. The molecular formula is C10H20N2O3S. The van der Waals surface area contributed by atoms with Crippen LogP contribution in [-0.2, 0) is 4.79 Å². The molecule has 0 aliphatic carbocycles. The molecule has 5 nitrogen and oxygen atoms in total. The van der Waals surface area contributed by atoms with Gasteiger partial charge in [0.15, 0.2) is 0 Å². The Morgan fingerprint density at radius 1 is 1.31 bits per heavy atom. The van der Waals surface area contributed by atoms with E-state index in [-0.39, 0.29) is 11.0 Å². The summed E-state index contributed by atoms with van der Waals surface area (Å²) in [6.07, 6.45) is 1.80. The van der Waals surface area contributed by atoms with Crippen molar-refractivity contribution in [1.29, 1.82) is 0 Å². The quantitative estimate of drug-likeness (QED) is 0.711. The molecule has 0 unspecified atom stereocenters. The zero-order valence-corrected chi connectivity index (χ0v) is 10.6. The topological polar surface area (TPSA) is 83.6 Å². The van der Waals surface area contributed by atoms with Gasteiger partial charge < -0.3 is 15.7 Å². The molecule has 1 atom stereocenters. The standard InChI is InChI=1S/C10H20N2O3S/c1-3-5-12(6-4-2)10(15)16-7-8(11)9(13)14/h8H,3-7,11H2,1-2H3,(H,13,14)/t8-/m0/s1. The SMILES string of the molecule is CCCN(CCC)C(=O)SC[C@H](N)C(=O)O. The third kappa shape index (κ3) is 5.97. The van der Waals surface area contributed by atoms with Crippen LogP contribution in [0.5, 0.6) is 0 Å². The maximum absolute atomic E-state index is 11.7. The number of nitrogens with zero attached hydrogens (tertiary/aromatic N) is 1. The van der Waals surface area contributed by atoms with Gasteiger partial charge in [0, 0.05) is 18.8 Å². The Kier molecular flexibility index (Phi) is 8.01. The molecule has 0 saturated carbocycles. The van der Waals surface area contributed by atoms with E-state index in [1.54, 1.807) is 4.90 Å². The summed E-state index contributed by atoms with van der Waals surface area (Å²) in [5, 5.41) is 8.49. The molecular weight excluding hydrogens is 228 g/mol. The van der Waals surface area contributed by atoms with E-state index in [0.717, 1.165) is 24.6 Å². The summed E-state index contributed by atoms with van der Waals surface area (Å²) in [4.78, 5) is 23.9. The molecule has 1 amide bonds. The van der Waals surface area contributed by atoms with Crippen molar-refractivity contribution in [2.45, 2.75) is 32.7 Å². The number of amides is 1. The van der Waals surface area contributed by atoms with Crippen LogP contribution in [-0.4, -0.2) is 46.1 Å². The zero-order valence-electron chi connectivity index (χ0n) is 9.81. The third-order valence-corrected chi connectivity index (χ3v) is 2.98. The second kappa shape index (κ2) is 8.41. The van der Waals surface area contributed by atoms with Crippen molar-refractivity contribution >= 4 is 23.0 Å². The lowest BCUT2D eigenvalue weighted by atomic mass is 10.4. The highest BCUT2D eigenvalue weighted by molar-refractivity contribution is 8.13. The Morgan fingerprint density at radius 3 is 2.19 bits per heavy atom. The molecule has 0 heterocycles. The molecule has 0 aromatic carbocycles. The van der Waals surface area contributed by atoms with Crippen LogP contribution in [0.15, 0.2) is 0 Å². The molecule has 0 aliphatic rings. The Hall–Kier alpha value is -0.750. The molecule has 6 heteroatoms. The lowest BCUT2D eigenvalue weighted by molar-refractivity contribution is -0.137. The summed E-state index contributed by atoms with van der Waals surface area (Å²) in [7, 11) is 0. The van der Waals surface area contributed by atoms with E-state index in [0.29, 0.717) is 13.1 Å². The normalized spacial score (nSPS) is 12.2. The Balaban J connectivity index is 4.04. The van der Waals surface area contributed by atoms with Crippen LogP contribution in [0, 0.1) is 0 Å². The highest BCUT2D eigenvalue weighted by Gasteiger charge is 2.17. The van der Waals surface area contributed by atoms with Crippen molar-refractivity contribution in [2.24, 2.45) is 5.73 Å². The van der Waals surface area contributed by atoms with E-state index >= 15 is 0 Å². The molecule has 16 heavy (non-hydrogen) atoms. The average molecular weight is 248 g/mol. The smallest absolute Gasteiger partial charge is 0.321 e. The van der Waals surface area contributed by atoms with Crippen molar-refractivity contribution in [2.75, 3.05) is 18.8 Å². The number of carbonyl (C=O) groups is 2. The van der Waals surface area contributed by atoms with Gasteiger partial charge in [0.25, 0.3) is 5.24 Å². The second-order valence-corrected chi connectivity index (χ2v) is 4.48. The maximum Gasteiger partial charge on any atom is 0.321 e. The van der Waals surface area contributed by atoms with E-state index in [4.69, 9.17) is 10.8 Å². The fourth-order valence-electron chi connectivity index (χ4n) is 1.16. The summed E-state index contributed by atoms with van der Waals surface area (Å²) in [5.74, 6) is -0.948. The van der Waals surface area contributed by atoms with Crippen molar-refractivity contribution in [3.8, 4) is 0 Å². The van der Waals surface area contributed by atoms with Gasteiger partial charge in [-0.05, 0) is 12.8 Å². The third-order valence-electron chi connectivity index (χ3n) is 1.95. The van der Waals surface area contributed by atoms with Gasteiger partial charge in [-0.3, -0.25) is 9.59 Å². The number of hydrogen-bond acceptors (Lipinski definition) is 4. The van der Waals surface area contributed by atoms with E-state index in [9.17, 15) is 9.59 Å². The van der Waals surface area contributed by atoms with E-state index < -0.39 is 12.0 Å². The average Bonchev–Trinajstić information content (AvgIpc) is 2.24. The molecule has 0 aromatic heterocycles. The Bertz CT molecular complexity index is 230. The van der Waals surface area contributed by atoms with Gasteiger partial charge in [0.05, 0.1) is 0 Å². The number of carboxylic acid groups (broad SMARTS) is 1. The highest BCUT2D eigenvalue weighted by Crippen LogP contribution is 2.11. The Morgan fingerprint density at radius 2 is 1.81 bits per heavy atom. The minimum absolute atomic E-state index is 0.0830. The van der Waals surface area contributed by atoms with Crippen molar-refractivity contribution in [3.05, 3.63) is 0 Å². The first-order valence-electron chi connectivity index (χ1n) is 5.43. The van der Waals surface area contributed by atoms with Gasteiger partial charge >= 0.3 is 5.97 Å².